The lowest BCUT2D eigenvalue weighted by Gasteiger charge is -2.13. The van der Waals surface area contributed by atoms with Gasteiger partial charge in [-0.25, -0.2) is 4.79 Å². The maximum Gasteiger partial charge on any atom is 0.417 e. The van der Waals surface area contributed by atoms with Crippen LogP contribution in [-0.2, 0) is 6.18 Å². The fourth-order valence-electron chi connectivity index (χ4n) is 1.65. The van der Waals surface area contributed by atoms with Gasteiger partial charge in [-0.1, -0.05) is 0 Å². The first-order chi connectivity index (χ1) is 8.91. The molecule has 0 aliphatic rings. The van der Waals surface area contributed by atoms with E-state index >= 15 is 0 Å². The minimum absolute atomic E-state index is 0.115. The van der Waals surface area contributed by atoms with Crippen LogP contribution in [0.3, 0.4) is 0 Å². The fourth-order valence-corrected chi connectivity index (χ4v) is 1.65. The smallest absolute Gasteiger partial charge is 0.417 e. The highest BCUT2D eigenvalue weighted by Gasteiger charge is 2.34. The van der Waals surface area contributed by atoms with Crippen molar-refractivity contribution in [1.82, 2.24) is 9.97 Å². The van der Waals surface area contributed by atoms with Gasteiger partial charge in [0.2, 0.25) is 0 Å². The summed E-state index contributed by atoms with van der Waals surface area (Å²) in [7, 11) is 0. The number of aromatic carboxylic acids is 1. The van der Waals surface area contributed by atoms with Gasteiger partial charge in [0.1, 0.15) is 0 Å². The first-order valence-corrected chi connectivity index (χ1v) is 5.10. The van der Waals surface area contributed by atoms with Crippen molar-refractivity contribution in [1.29, 1.82) is 0 Å². The van der Waals surface area contributed by atoms with Gasteiger partial charge in [-0.05, 0) is 12.1 Å². The summed E-state index contributed by atoms with van der Waals surface area (Å²) in [5.74, 6) is -1.32. The Morgan fingerprint density at radius 3 is 2.21 bits per heavy atom. The van der Waals surface area contributed by atoms with Gasteiger partial charge in [0.05, 0.1) is 11.1 Å². The average Bonchev–Trinajstić information content (AvgIpc) is 2.37. The van der Waals surface area contributed by atoms with Gasteiger partial charge < -0.3 is 5.11 Å². The predicted molar refractivity (Wildman–Crippen MR) is 59.4 cm³/mol. The topological polar surface area (TPSA) is 63.1 Å². The Morgan fingerprint density at radius 1 is 1.05 bits per heavy atom. The number of aromatic nitrogens is 2. The van der Waals surface area contributed by atoms with Crippen molar-refractivity contribution in [3.63, 3.8) is 0 Å². The summed E-state index contributed by atoms with van der Waals surface area (Å²) in [4.78, 5) is 18.3. The largest absolute Gasteiger partial charge is 0.478 e. The van der Waals surface area contributed by atoms with Crippen LogP contribution < -0.4 is 0 Å². The Balaban J connectivity index is 2.70. The normalized spacial score (nSPS) is 11.3. The first kappa shape index (κ1) is 13.0. The van der Waals surface area contributed by atoms with Crippen molar-refractivity contribution in [2.45, 2.75) is 6.18 Å². The molecule has 0 bridgehead atoms. The lowest BCUT2D eigenvalue weighted by atomic mass is 9.99. The van der Waals surface area contributed by atoms with Crippen molar-refractivity contribution in [2.24, 2.45) is 0 Å². The Morgan fingerprint density at radius 2 is 1.63 bits per heavy atom. The van der Waals surface area contributed by atoms with Crippen LogP contribution in [0.4, 0.5) is 13.2 Å². The van der Waals surface area contributed by atoms with E-state index in [2.05, 4.69) is 9.97 Å². The Hall–Kier alpha value is -2.44. The van der Waals surface area contributed by atoms with Crippen molar-refractivity contribution in [2.75, 3.05) is 0 Å². The third-order valence-electron chi connectivity index (χ3n) is 2.47. The van der Waals surface area contributed by atoms with Crippen molar-refractivity contribution >= 4 is 5.97 Å². The molecule has 0 saturated carbocycles. The van der Waals surface area contributed by atoms with E-state index in [1.807, 2.05) is 0 Å². The van der Waals surface area contributed by atoms with E-state index in [9.17, 15) is 18.0 Å². The van der Waals surface area contributed by atoms with Gasteiger partial charge in [0.25, 0.3) is 0 Å². The van der Waals surface area contributed by atoms with Crippen LogP contribution in [0.15, 0.2) is 36.9 Å². The van der Waals surface area contributed by atoms with Gasteiger partial charge in [-0.2, -0.15) is 13.2 Å². The number of carboxylic acid groups (broad SMARTS) is 1. The summed E-state index contributed by atoms with van der Waals surface area (Å²) in [6, 6.07) is 1.94. The van der Waals surface area contributed by atoms with E-state index in [-0.39, 0.29) is 16.7 Å². The second-order valence-electron chi connectivity index (χ2n) is 3.65. The second kappa shape index (κ2) is 4.68. The number of hydrogen-bond acceptors (Lipinski definition) is 3. The molecule has 0 spiro atoms. The molecule has 0 aliphatic heterocycles. The van der Waals surface area contributed by atoms with Crippen molar-refractivity contribution in [3.05, 3.63) is 48.0 Å². The highest BCUT2D eigenvalue weighted by atomic mass is 19.4. The van der Waals surface area contributed by atoms with Gasteiger partial charge >= 0.3 is 12.1 Å². The number of alkyl halides is 3. The molecule has 0 aliphatic carbocycles. The third kappa shape index (κ3) is 2.54. The van der Waals surface area contributed by atoms with Crippen LogP contribution >= 0.6 is 0 Å². The molecule has 2 heterocycles. The molecule has 1 N–H and O–H groups in total. The number of rotatable bonds is 2. The predicted octanol–water partition coefficient (Wildman–Crippen LogP) is 2.86. The molecular weight excluding hydrogens is 261 g/mol. The molecule has 0 aromatic carbocycles. The zero-order valence-corrected chi connectivity index (χ0v) is 9.35. The summed E-state index contributed by atoms with van der Waals surface area (Å²) < 4.78 is 38.6. The molecule has 0 saturated heterocycles. The van der Waals surface area contributed by atoms with Crippen LogP contribution in [0.5, 0.6) is 0 Å². The first-order valence-electron chi connectivity index (χ1n) is 5.10. The number of pyridine rings is 2. The lowest BCUT2D eigenvalue weighted by Crippen LogP contribution is -2.09. The number of carboxylic acids is 1. The standard InChI is InChI=1S/C12H7F3N2O2/c13-12(14,15)10-2-4-17-6-9(10)8-5-16-3-1-7(8)11(18)19/h1-6H,(H,18,19). The summed E-state index contributed by atoms with van der Waals surface area (Å²) in [6.45, 7) is 0. The van der Waals surface area contributed by atoms with E-state index < -0.39 is 17.7 Å². The van der Waals surface area contributed by atoms with Crippen molar-refractivity contribution in [3.8, 4) is 11.1 Å². The highest BCUT2D eigenvalue weighted by molar-refractivity contribution is 5.96. The molecule has 19 heavy (non-hydrogen) atoms. The second-order valence-corrected chi connectivity index (χ2v) is 3.65. The van der Waals surface area contributed by atoms with E-state index in [1.54, 1.807) is 0 Å². The highest BCUT2D eigenvalue weighted by Crippen LogP contribution is 2.37. The monoisotopic (exact) mass is 268 g/mol. The quantitative estimate of drug-likeness (QED) is 0.909. The Bertz CT molecular complexity index is 626. The maximum absolute atomic E-state index is 12.9. The molecule has 4 nitrogen and oxygen atoms in total. The van der Waals surface area contributed by atoms with Gasteiger partial charge in [-0.15, -0.1) is 0 Å². The molecule has 0 radical (unpaired) electrons. The maximum atomic E-state index is 12.9. The van der Waals surface area contributed by atoms with E-state index in [0.717, 1.165) is 30.7 Å². The van der Waals surface area contributed by atoms with Crippen LogP contribution in [0.1, 0.15) is 15.9 Å². The van der Waals surface area contributed by atoms with Crippen molar-refractivity contribution < 1.29 is 23.1 Å². The van der Waals surface area contributed by atoms with Crippen LogP contribution in [0, 0.1) is 0 Å². The number of halogens is 3. The molecule has 2 aromatic rings. The number of nitrogens with zero attached hydrogens (tertiary/aromatic N) is 2. The third-order valence-corrected chi connectivity index (χ3v) is 2.47. The zero-order valence-electron chi connectivity index (χ0n) is 9.35. The molecule has 98 valence electrons. The number of carbonyl (C=O) groups is 1. The lowest BCUT2D eigenvalue weighted by molar-refractivity contribution is -0.137. The van der Waals surface area contributed by atoms with Crippen LogP contribution in [0.25, 0.3) is 11.1 Å². The fraction of sp³-hybridized carbons (Fsp3) is 0.0833. The van der Waals surface area contributed by atoms with E-state index in [0.29, 0.717) is 0 Å². The number of hydrogen-bond donors (Lipinski definition) is 1. The van der Waals surface area contributed by atoms with E-state index in [1.165, 1.54) is 6.20 Å². The molecular formula is C12H7F3N2O2. The van der Waals surface area contributed by atoms with Crippen LogP contribution in [0.2, 0.25) is 0 Å². The van der Waals surface area contributed by atoms with Gasteiger partial charge in [-0.3, -0.25) is 9.97 Å². The van der Waals surface area contributed by atoms with E-state index in [4.69, 9.17) is 5.11 Å². The molecule has 0 fully saturated rings. The van der Waals surface area contributed by atoms with Gasteiger partial charge in [0.15, 0.2) is 0 Å². The summed E-state index contributed by atoms with van der Waals surface area (Å²) in [5, 5.41) is 8.99. The molecule has 2 rings (SSSR count). The minimum atomic E-state index is -4.59. The summed E-state index contributed by atoms with van der Waals surface area (Å²) in [5.41, 5.74) is -1.62. The summed E-state index contributed by atoms with van der Waals surface area (Å²) >= 11 is 0. The Kier molecular flexibility index (Phi) is 3.20. The zero-order chi connectivity index (χ0) is 14.0. The molecule has 0 amide bonds. The average molecular weight is 268 g/mol. The molecule has 0 atom stereocenters. The molecule has 0 unspecified atom stereocenters. The van der Waals surface area contributed by atoms with Crippen LogP contribution in [-0.4, -0.2) is 21.0 Å². The molecule has 7 heteroatoms. The van der Waals surface area contributed by atoms with Gasteiger partial charge in [0, 0.05) is 35.9 Å². The Labute approximate surface area is 105 Å². The SMILES string of the molecule is O=C(O)c1ccncc1-c1cnccc1C(F)(F)F. The molecule has 2 aromatic heterocycles. The summed E-state index contributed by atoms with van der Waals surface area (Å²) in [6.07, 6.45) is -0.328. The minimum Gasteiger partial charge on any atom is -0.478 e.